The molecule has 0 aromatic heterocycles. The summed E-state index contributed by atoms with van der Waals surface area (Å²) in [7, 11) is -4.51. The van der Waals surface area contributed by atoms with E-state index in [0.29, 0.717) is 5.39 Å². The number of rotatable bonds is 21. The molecule has 2 aromatic carbocycles. The zero-order chi connectivity index (χ0) is 26.1. The van der Waals surface area contributed by atoms with Crippen LogP contribution in [0.3, 0.4) is 0 Å². The largest absolute Gasteiger partial charge is 1.00 e. The first-order chi connectivity index (χ1) is 17.5. The van der Waals surface area contributed by atoms with Crippen LogP contribution in [0.25, 0.3) is 10.8 Å². The van der Waals surface area contributed by atoms with Gasteiger partial charge in [0, 0.05) is 0 Å². The van der Waals surface area contributed by atoms with Crippen LogP contribution < -0.4 is 29.6 Å². The van der Waals surface area contributed by atoms with Crippen LogP contribution in [0.1, 0.15) is 141 Å². The molecule has 5 heteroatoms. The van der Waals surface area contributed by atoms with Crippen molar-refractivity contribution >= 4 is 20.9 Å². The first kappa shape index (κ1) is 34.6. The van der Waals surface area contributed by atoms with Gasteiger partial charge in [0.05, 0.1) is 4.90 Å². The molecular weight excluding hydrogens is 487 g/mol. The second-order valence-corrected chi connectivity index (χ2v) is 12.1. The van der Waals surface area contributed by atoms with Crippen LogP contribution in [0.4, 0.5) is 0 Å². The molecule has 0 radical (unpaired) electrons. The summed E-state index contributed by atoms with van der Waals surface area (Å²) in [6.45, 7) is 4.50. The van der Waals surface area contributed by atoms with Crippen LogP contribution in [0.5, 0.6) is 0 Å². The van der Waals surface area contributed by atoms with Gasteiger partial charge in [-0.05, 0) is 53.6 Å². The third kappa shape index (κ3) is 14.0. The Bertz CT molecular complexity index is 971. The Balaban J connectivity index is 0.00000684. The molecule has 0 bridgehead atoms. The molecule has 0 N–H and O–H groups in total. The van der Waals surface area contributed by atoms with E-state index in [1.807, 2.05) is 6.07 Å². The van der Waals surface area contributed by atoms with Crippen molar-refractivity contribution < 1.29 is 42.5 Å². The van der Waals surface area contributed by atoms with Gasteiger partial charge >= 0.3 is 29.6 Å². The molecule has 0 aliphatic heterocycles. The predicted molar refractivity (Wildman–Crippen MR) is 154 cm³/mol. The van der Waals surface area contributed by atoms with Crippen molar-refractivity contribution in [1.82, 2.24) is 0 Å². The fraction of sp³-hybridized carbons (Fsp3) is 0.688. The molecule has 0 amide bonds. The quantitative estimate of drug-likeness (QED) is 0.0987. The number of hydrogen-bond acceptors (Lipinski definition) is 3. The van der Waals surface area contributed by atoms with Gasteiger partial charge in [0.15, 0.2) is 0 Å². The van der Waals surface area contributed by atoms with E-state index in [0.717, 1.165) is 43.1 Å². The number of benzene rings is 2. The fourth-order valence-corrected chi connectivity index (χ4v) is 6.05. The van der Waals surface area contributed by atoms with E-state index in [9.17, 15) is 13.0 Å². The fourth-order valence-electron chi connectivity index (χ4n) is 5.31. The van der Waals surface area contributed by atoms with Gasteiger partial charge in [0.25, 0.3) is 0 Å². The van der Waals surface area contributed by atoms with Gasteiger partial charge in [0.1, 0.15) is 10.1 Å². The minimum absolute atomic E-state index is 0. The van der Waals surface area contributed by atoms with Crippen molar-refractivity contribution in [2.45, 2.75) is 147 Å². The summed E-state index contributed by atoms with van der Waals surface area (Å²) in [5, 5.41) is 1.55. The Kier molecular flexibility index (Phi) is 19.2. The molecule has 0 heterocycles. The molecule has 0 atom stereocenters. The summed E-state index contributed by atoms with van der Waals surface area (Å²) < 4.78 is 36.3. The Morgan fingerprint density at radius 2 is 1.05 bits per heavy atom. The number of aryl methyl sites for hydroxylation is 2. The van der Waals surface area contributed by atoms with Gasteiger partial charge in [-0.15, -0.1) is 0 Å². The molecule has 2 rings (SSSR count). The van der Waals surface area contributed by atoms with E-state index in [4.69, 9.17) is 0 Å². The Hall–Kier alpha value is -0.390. The maximum Gasteiger partial charge on any atom is 1.00 e. The molecule has 0 saturated heterocycles. The summed E-state index contributed by atoms with van der Waals surface area (Å²) in [6.07, 6.45) is 24.7. The summed E-state index contributed by atoms with van der Waals surface area (Å²) in [4.78, 5) is -0.0418. The first-order valence-electron chi connectivity index (χ1n) is 15.0. The minimum atomic E-state index is -4.51. The number of hydrogen-bond donors (Lipinski definition) is 0. The molecule has 3 nitrogen and oxygen atoms in total. The SMILES string of the molecule is CCCCCCCCCCCc1cc(S(=O)(=O)[O-])c2cccc(CCCCCCCCCCC)c2c1.[Na+]. The Morgan fingerprint density at radius 3 is 1.54 bits per heavy atom. The van der Waals surface area contributed by atoms with Crippen LogP contribution >= 0.6 is 0 Å². The van der Waals surface area contributed by atoms with Crippen molar-refractivity contribution in [3.8, 4) is 0 Å². The third-order valence-electron chi connectivity index (χ3n) is 7.50. The molecule has 0 aliphatic carbocycles. The average molecular weight is 539 g/mol. The molecule has 0 aliphatic rings. The number of unbranched alkanes of at least 4 members (excludes halogenated alkanes) is 16. The van der Waals surface area contributed by atoms with E-state index in [1.54, 1.807) is 12.1 Å². The van der Waals surface area contributed by atoms with Gasteiger partial charge in [-0.2, -0.15) is 0 Å². The smallest absolute Gasteiger partial charge is 0.744 e. The maximum absolute atomic E-state index is 12.1. The molecule has 0 unspecified atom stereocenters. The second kappa shape index (κ2) is 20.5. The van der Waals surface area contributed by atoms with Gasteiger partial charge in [-0.25, -0.2) is 8.42 Å². The summed E-state index contributed by atoms with van der Waals surface area (Å²) in [5.41, 5.74) is 2.16. The molecule has 37 heavy (non-hydrogen) atoms. The monoisotopic (exact) mass is 538 g/mol. The van der Waals surface area contributed by atoms with Crippen LogP contribution in [-0.2, 0) is 23.0 Å². The van der Waals surface area contributed by atoms with Crippen molar-refractivity contribution in [3.05, 3.63) is 41.5 Å². The Labute approximate surface area is 250 Å². The van der Waals surface area contributed by atoms with Gasteiger partial charge < -0.3 is 4.55 Å². The molecule has 0 fully saturated rings. The van der Waals surface area contributed by atoms with Gasteiger partial charge in [-0.3, -0.25) is 0 Å². The van der Waals surface area contributed by atoms with Crippen molar-refractivity contribution in [3.63, 3.8) is 0 Å². The summed E-state index contributed by atoms with van der Waals surface area (Å²) in [5.74, 6) is 0. The standard InChI is InChI=1S/C32H52O3S.Na/c1-3-5-7-9-11-13-15-17-19-22-28-26-31-29(23-20-18-16-14-12-10-8-6-4-2)24-21-25-30(31)32(27-28)36(33,34)35;/h21,24-27H,3-20,22-23H2,1-2H3,(H,33,34,35);/q;+1/p-1. The van der Waals surface area contributed by atoms with E-state index in [-0.39, 0.29) is 34.5 Å². The van der Waals surface area contributed by atoms with E-state index >= 15 is 0 Å². The first-order valence-corrected chi connectivity index (χ1v) is 16.4. The average Bonchev–Trinajstić information content (AvgIpc) is 2.86. The summed E-state index contributed by atoms with van der Waals surface area (Å²) in [6, 6.07) is 9.59. The predicted octanol–water partition coefficient (Wildman–Crippen LogP) is 6.89. The van der Waals surface area contributed by atoms with Crippen LogP contribution in [0.2, 0.25) is 0 Å². The van der Waals surface area contributed by atoms with Crippen molar-refractivity contribution in [1.29, 1.82) is 0 Å². The third-order valence-corrected chi connectivity index (χ3v) is 8.37. The van der Waals surface area contributed by atoms with Crippen molar-refractivity contribution in [2.24, 2.45) is 0 Å². The Morgan fingerprint density at radius 1 is 0.595 bits per heavy atom. The minimum Gasteiger partial charge on any atom is -0.744 e. The number of fused-ring (bicyclic) bond motifs is 1. The van der Waals surface area contributed by atoms with E-state index in [2.05, 4.69) is 26.0 Å². The van der Waals surface area contributed by atoms with Crippen LogP contribution in [0.15, 0.2) is 35.2 Å². The molecule has 0 spiro atoms. The molecule has 0 saturated carbocycles. The van der Waals surface area contributed by atoms with Gasteiger partial charge in [0.2, 0.25) is 0 Å². The van der Waals surface area contributed by atoms with E-state index in [1.165, 1.54) is 102 Å². The summed E-state index contributed by atoms with van der Waals surface area (Å²) >= 11 is 0. The maximum atomic E-state index is 12.1. The van der Waals surface area contributed by atoms with Crippen molar-refractivity contribution in [2.75, 3.05) is 0 Å². The topological polar surface area (TPSA) is 57.2 Å². The second-order valence-electron chi connectivity index (χ2n) is 10.7. The van der Waals surface area contributed by atoms with Crippen LogP contribution in [0, 0.1) is 0 Å². The van der Waals surface area contributed by atoms with Gasteiger partial charge in [-0.1, -0.05) is 141 Å². The zero-order valence-electron chi connectivity index (χ0n) is 24.2. The normalized spacial score (nSPS) is 11.6. The molecule has 204 valence electrons. The van der Waals surface area contributed by atoms with Crippen LogP contribution in [-0.4, -0.2) is 13.0 Å². The molecular formula is C32H51NaO3S. The zero-order valence-corrected chi connectivity index (χ0v) is 27.0. The molecule has 2 aromatic rings. The van der Waals surface area contributed by atoms with E-state index < -0.39 is 10.1 Å².